The Kier molecular flexibility index (Phi) is 6.55. The minimum atomic E-state index is -0.179. The Morgan fingerprint density at radius 1 is 1.05 bits per heavy atom. The number of nitrogens with one attached hydrogen (secondary N) is 1. The highest BCUT2D eigenvalue weighted by molar-refractivity contribution is 6.37. The zero-order valence-electron chi connectivity index (χ0n) is 20.5. The number of pyridine rings is 3. The largest absolute Gasteiger partial charge is 0.505 e. The van der Waals surface area contributed by atoms with Crippen LogP contribution in [0.2, 0.25) is 10.0 Å². The maximum absolute atomic E-state index is 13.2. The lowest BCUT2D eigenvalue weighted by molar-refractivity contribution is 0.0968. The molecular formula is C28H26Cl2N6O2. The molecule has 0 unspecified atom stereocenters. The number of piperidine rings is 1. The maximum Gasteiger partial charge on any atom is 0.169 e. The number of carbonyl (C=O) groups excluding carboxylic acids is 1. The molecule has 10 heteroatoms. The number of nitrogens with zero attached hydrogens (tertiary/aromatic N) is 4. The van der Waals surface area contributed by atoms with E-state index in [4.69, 9.17) is 33.9 Å². The van der Waals surface area contributed by atoms with Gasteiger partial charge in [-0.15, -0.1) is 0 Å². The third-order valence-electron chi connectivity index (χ3n) is 7.04. The van der Waals surface area contributed by atoms with Crippen molar-refractivity contribution < 1.29 is 9.90 Å². The quantitative estimate of drug-likeness (QED) is 0.252. The van der Waals surface area contributed by atoms with Crippen LogP contribution in [0.3, 0.4) is 0 Å². The molecule has 1 saturated carbocycles. The molecular weight excluding hydrogens is 523 g/mol. The van der Waals surface area contributed by atoms with E-state index in [1.165, 1.54) is 0 Å². The molecule has 1 aromatic carbocycles. The Bertz CT molecular complexity index is 1520. The van der Waals surface area contributed by atoms with Gasteiger partial charge in [-0.2, -0.15) is 0 Å². The molecule has 1 atom stereocenters. The van der Waals surface area contributed by atoms with Gasteiger partial charge in [-0.3, -0.25) is 9.78 Å². The summed E-state index contributed by atoms with van der Waals surface area (Å²) in [5, 5.41) is 13.6. The van der Waals surface area contributed by atoms with Gasteiger partial charge in [-0.1, -0.05) is 23.2 Å². The van der Waals surface area contributed by atoms with Gasteiger partial charge < -0.3 is 21.1 Å². The van der Waals surface area contributed by atoms with E-state index in [0.29, 0.717) is 33.5 Å². The maximum atomic E-state index is 13.2. The number of anilines is 3. The predicted octanol–water partition coefficient (Wildman–Crippen LogP) is 5.97. The first kappa shape index (κ1) is 24.9. The van der Waals surface area contributed by atoms with E-state index in [2.05, 4.69) is 20.2 Å². The molecule has 0 amide bonds. The highest BCUT2D eigenvalue weighted by Gasteiger charge is 2.33. The minimum absolute atomic E-state index is 0.0107. The van der Waals surface area contributed by atoms with E-state index < -0.39 is 0 Å². The number of benzene rings is 1. The summed E-state index contributed by atoms with van der Waals surface area (Å²) in [5.74, 6) is 0.760. The van der Waals surface area contributed by atoms with Crippen LogP contribution in [0.4, 0.5) is 17.2 Å². The van der Waals surface area contributed by atoms with E-state index in [9.17, 15) is 9.90 Å². The number of aromatic hydroxyl groups is 1. The van der Waals surface area contributed by atoms with Crippen LogP contribution >= 0.6 is 23.2 Å². The van der Waals surface area contributed by atoms with Crippen molar-refractivity contribution in [3.8, 4) is 17.0 Å². The summed E-state index contributed by atoms with van der Waals surface area (Å²) in [7, 11) is 0. The smallest absolute Gasteiger partial charge is 0.169 e. The van der Waals surface area contributed by atoms with Crippen molar-refractivity contribution in [1.29, 1.82) is 0 Å². The van der Waals surface area contributed by atoms with Gasteiger partial charge >= 0.3 is 0 Å². The highest BCUT2D eigenvalue weighted by Crippen LogP contribution is 2.39. The van der Waals surface area contributed by atoms with Crippen molar-refractivity contribution in [2.45, 2.75) is 31.7 Å². The average molecular weight is 549 g/mol. The van der Waals surface area contributed by atoms with E-state index >= 15 is 0 Å². The van der Waals surface area contributed by atoms with Gasteiger partial charge in [0.05, 0.1) is 44.4 Å². The van der Waals surface area contributed by atoms with Crippen LogP contribution < -0.4 is 16.0 Å². The number of rotatable bonds is 6. The zero-order chi connectivity index (χ0) is 26.4. The normalized spacial score (nSPS) is 17.6. The third-order valence-corrected chi connectivity index (χ3v) is 7.61. The van der Waals surface area contributed by atoms with Crippen LogP contribution in [0, 0.1) is 5.92 Å². The summed E-state index contributed by atoms with van der Waals surface area (Å²) in [6, 6.07) is 10.9. The van der Waals surface area contributed by atoms with E-state index in [1.54, 1.807) is 30.6 Å². The third kappa shape index (κ3) is 4.87. The summed E-state index contributed by atoms with van der Waals surface area (Å²) in [5.41, 5.74) is 10.3. The molecule has 8 nitrogen and oxygen atoms in total. The molecule has 4 N–H and O–H groups in total. The molecule has 4 heterocycles. The second-order valence-corrected chi connectivity index (χ2v) is 10.7. The fourth-order valence-corrected chi connectivity index (χ4v) is 5.32. The Balaban J connectivity index is 1.40. The van der Waals surface area contributed by atoms with E-state index in [-0.39, 0.29) is 33.5 Å². The van der Waals surface area contributed by atoms with Gasteiger partial charge in [-0.25, -0.2) is 9.97 Å². The van der Waals surface area contributed by atoms with Gasteiger partial charge in [0.15, 0.2) is 11.5 Å². The van der Waals surface area contributed by atoms with Crippen LogP contribution in [0.15, 0.2) is 48.8 Å². The number of phenols is 1. The number of nitrogens with two attached hydrogens (primary N) is 1. The Morgan fingerprint density at radius 3 is 2.53 bits per heavy atom. The second kappa shape index (κ2) is 10.0. The average Bonchev–Trinajstić information content (AvgIpc) is 3.77. The first-order valence-corrected chi connectivity index (χ1v) is 13.4. The number of phenolic OH excluding ortho intramolecular Hbond substituents is 1. The number of Topliss-reactive ketones (excluding diaryl/α,β-unsaturated/α-hetero) is 1. The number of ketones is 1. The lowest BCUT2D eigenvalue weighted by atomic mass is 10.0. The molecule has 6 rings (SSSR count). The van der Waals surface area contributed by atoms with Crippen LogP contribution in [0.25, 0.3) is 22.3 Å². The lowest BCUT2D eigenvalue weighted by Crippen LogP contribution is -2.43. The topological polar surface area (TPSA) is 117 Å². The van der Waals surface area contributed by atoms with Gasteiger partial charge in [0.1, 0.15) is 11.3 Å². The first-order valence-electron chi connectivity index (χ1n) is 12.6. The van der Waals surface area contributed by atoms with Crippen LogP contribution in [0.1, 0.15) is 36.0 Å². The molecule has 0 radical (unpaired) electrons. The summed E-state index contributed by atoms with van der Waals surface area (Å²) < 4.78 is 0. The standard InChI is InChI=1S/C28H26Cl2N6O2/c29-20-10-16(11-21(30)28(20)38)22-6-7-23-26(35-22)25(19(13-32-23)27(37)15-3-4-15)34-18-5-8-24(33-12-18)36-9-1-2-17(31)14-36/h5-8,10-13,15,17,38H,1-4,9,14,31H2,(H,32,34)/t17-/m1/s1. The molecule has 1 aliphatic heterocycles. The van der Waals surface area contributed by atoms with Crippen molar-refractivity contribution in [3.63, 3.8) is 0 Å². The van der Waals surface area contributed by atoms with E-state index in [1.807, 2.05) is 18.2 Å². The van der Waals surface area contributed by atoms with Crippen LogP contribution in [0.5, 0.6) is 5.75 Å². The SMILES string of the molecule is N[C@@H]1CCCN(c2ccc(Nc3c(C(=O)C4CC4)cnc4ccc(-c5cc(Cl)c(O)c(Cl)c5)nc34)cn2)C1. The van der Waals surface area contributed by atoms with E-state index in [0.717, 1.165) is 50.3 Å². The summed E-state index contributed by atoms with van der Waals surface area (Å²) in [4.78, 5) is 29.5. The number of fused-ring (bicyclic) bond motifs is 1. The monoisotopic (exact) mass is 548 g/mol. The minimum Gasteiger partial charge on any atom is -0.505 e. The molecule has 0 spiro atoms. The summed E-state index contributed by atoms with van der Waals surface area (Å²) in [6.07, 6.45) is 7.21. The fraction of sp³-hybridized carbons (Fsp3) is 0.286. The zero-order valence-corrected chi connectivity index (χ0v) is 22.0. The van der Waals surface area contributed by atoms with Crippen molar-refractivity contribution in [1.82, 2.24) is 15.0 Å². The predicted molar refractivity (Wildman–Crippen MR) is 151 cm³/mol. The van der Waals surface area contributed by atoms with Gasteiger partial charge in [0.2, 0.25) is 0 Å². The van der Waals surface area contributed by atoms with Crippen LogP contribution in [-0.2, 0) is 0 Å². The molecule has 3 aromatic heterocycles. The molecule has 1 aliphatic carbocycles. The first-order chi connectivity index (χ1) is 18.4. The van der Waals surface area contributed by atoms with Gasteiger partial charge in [0, 0.05) is 36.8 Å². The Morgan fingerprint density at radius 2 is 1.84 bits per heavy atom. The number of hydrogen-bond donors (Lipinski definition) is 3. The Hall–Kier alpha value is -3.46. The van der Waals surface area contributed by atoms with Crippen LogP contribution in [-0.4, -0.2) is 45.0 Å². The molecule has 0 bridgehead atoms. The molecule has 2 fully saturated rings. The second-order valence-electron chi connectivity index (χ2n) is 9.92. The van der Waals surface area contributed by atoms with Crippen molar-refractivity contribution in [2.75, 3.05) is 23.3 Å². The molecule has 194 valence electrons. The summed E-state index contributed by atoms with van der Waals surface area (Å²) in [6.45, 7) is 1.72. The van der Waals surface area contributed by atoms with Crippen molar-refractivity contribution in [2.24, 2.45) is 11.7 Å². The number of halogens is 2. The molecule has 38 heavy (non-hydrogen) atoms. The van der Waals surface area contributed by atoms with Gasteiger partial charge in [0.25, 0.3) is 0 Å². The number of carbonyl (C=O) groups is 1. The van der Waals surface area contributed by atoms with Gasteiger partial charge in [-0.05, 0) is 62.1 Å². The number of hydrogen-bond acceptors (Lipinski definition) is 8. The molecule has 2 aliphatic rings. The fourth-order valence-electron chi connectivity index (χ4n) is 4.83. The molecule has 4 aromatic rings. The highest BCUT2D eigenvalue weighted by atomic mass is 35.5. The summed E-state index contributed by atoms with van der Waals surface area (Å²) >= 11 is 12.3. The van der Waals surface area contributed by atoms with Crippen molar-refractivity contribution in [3.05, 3.63) is 64.4 Å². The Labute approximate surface area is 229 Å². The lowest BCUT2D eigenvalue weighted by Gasteiger charge is -2.31. The molecule has 1 saturated heterocycles. The van der Waals surface area contributed by atoms with Crippen molar-refractivity contribution >= 4 is 57.2 Å². The number of aromatic nitrogens is 3.